The van der Waals surface area contributed by atoms with Gasteiger partial charge in [0.2, 0.25) is 0 Å². The molecule has 0 fully saturated rings. The molecular weight excluding hydrogens is 234 g/mol. The van der Waals surface area contributed by atoms with Crippen molar-refractivity contribution in [3.63, 3.8) is 0 Å². The molecule has 0 saturated carbocycles. The van der Waals surface area contributed by atoms with Crippen molar-refractivity contribution in [2.45, 2.75) is 19.4 Å². The number of hydrogen-bond donors (Lipinski definition) is 2. The summed E-state index contributed by atoms with van der Waals surface area (Å²) in [5.41, 5.74) is -1.11. The number of rotatable bonds is 7. The van der Waals surface area contributed by atoms with Crippen LogP contribution < -0.4 is 14.8 Å². The van der Waals surface area contributed by atoms with Gasteiger partial charge in [-0.15, -0.1) is 0 Å². The maximum absolute atomic E-state index is 11.1. The zero-order valence-corrected chi connectivity index (χ0v) is 10.9. The molecule has 1 aromatic carbocycles. The van der Waals surface area contributed by atoms with Crippen LogP contribution in [-0.4, -0.2) is 36.9 Å². The second kappa shape index (κ2) is 6.26. The van der Waals surface area contributed by atoms with Gasteiger partial charge in [0.25, 0.3) is 0 Å². The summed E-state index contributed by atoms with van der Waals surface area (Å²) in [7, 11) is 1.59. The number of carboxylic acids is 1. The van der Waals surface area contributed by atoms with Gasteiger partial charge in [-0.05, 0) is 33.0 Å². The summed E-state index contributed by atoms with van der Waals surface area (Å²) in [6.07, 6.45) is 0. The average molecular weight is 253 g/mol. The van der Waals surface area contributed by atoms with Crippen molar-refractivity contribution >= 4 is 5.97 Å². The number of benzene rings is 1. The highest BCUT2D eigenvalue weighted by atomic mass is 16.5. The second-order valence-electron chi connectivity index (χ2n) is 4.08. The maximum Gasteiger partial charge on any atom is 0.327 e. The third-order valence-electron chi connectivity index (χ3n) is 2.67. The standard InChI is InChI=1S/C13H19NO4/c1-4-17-10-6-5-7-11(8-10)18-9-13(2,14-3)12(15)16/h5-8,14H,4,9H2,1-3H3,(H,15,16). The van der Waals surface area contributed by atoms with Crippen molar-refractivity contribution < 1.29 is 19.4 Å². The Morgan fingerprint density at radius 1 is 1.39 bits per heavy atom. The molecule has 5 nitrogen and oxygen atoms in total. The van der Waals surface area contributed by atoms with Crippen LogP contribution in [0.1, 0.15) is 13.8 Å². The highest BCUT2D eigenvalue weighted by Gasteiger charge is 2.32. The molecule has 0 amide bonds. The maximum atomic E-state index is 11.1. The Labute approximate surface area is 107 Å². The van der Waals surface area contributed by atoms with Crippen molar-refractivity contribution in [2.24, 2.45) is 0 Å². The number of likely N-dealkylation sites (N-methyl/N-ethyl adjacent to an activating group) is 1. The van der Waals surface area contributed by atoms with Gasteiger partial charge < -0.3 is 19.9 Å². The molecular formula is C13H19NO4. The van der Waals surface area contributed by atoms with E-state index >= 15 is 0 Å². The van der Waals surface area contributed by atoms with Gasteiger partial charge in [0, 0.05) is 6.07 Å². The van der Waals surface area contributed by atoms with E-state index in [-0.39, 0.29) is 6.61 Å². The Balaban J connectivity index is 2.68. The molecule has 0 bridgehead atoms. The lowest BCUT2D eigenvalue weighted by Gasteiger charge is -2.24. The van der Waals surface area contributed by atoms with Gasteiger partial charge in [0.05, 0.1) is 6.61 Å². The lowest BCUT2D eigenvalue weighted by Crippen LogP contribution is -2.52. The van der Waals surface area contributed by atoms with E-state index in [0.29, 0.717) is 18.1 Å². The Morgan fingerprint density at radius 2 is 2.00 bits per heavy atom. The topological polar surface area (TPSA) is 67.8 Å². The quantitative estimate of drug-likeness (QED) is 0.771. The largest absolute Gasteiger partial charge is 0.494 e. The fourth-order valence-corrected chi connectivity index (χ4v) is 1.29. The Morgan fingerprint density at radius 3 is 2.50 bits per heavy atom. The molecule has 5 heteroatoms. The molecule has 0 aliphatic carbocycles. The zero-order valence-electron chi connectivity index (χ0n) is 10.9. The van der Waals surface area contributed by atoms with Crippen LogP contribution in [0.5, 0.6) is 11.5 Å². The second-order valence-corrected chi connectivity index (χ2v) is 4.08. The third-order valence-corrected chi connectivity index (χ3v) is 2.67. The van der Waals surface area contributed by atoms with Gasteiger partial charge in [-0.1, -0.05) is 6.07 Å². The predicted octanol–water partition coefficient (Wildman–Crippen LogP) is 1.53. The van der Waals surface area contributed by atoms with Crippen LogP contribution in [0.15, 0.2) is 24.3 Å². The predicted molar refractivity (Wildman–Crippen MR) is 68.2 cm³/mol. The minimum absolute atomic E-state index is 0.0361. The number of carbonyl (C=O) groups is 1. The number of aliphatic carboxylic acids is 1. The summed E-state index contributed by atoms with van der Waals surface area (Å²) in [6.45, 7) is 4.08. The molecule has 0 aliphatic rings. The average Bonchev–Trinajstić information content (AvgIpc) is 2.36. The Kier molecular flexibility index (Phi) is 4.97. The van der Waals surface area contributed by atoms with Crippen LogP contribution in [0.3, 0.4) is 0 Å². The summed E-state index contributed by atoms with van der Waals surface area (Å²) in [6, 6.07) is 7.13. The molecule has 0 saturated heterocycles. The van der Waals surface area contributed by atoms with Crippen LogP contribution in [0.4, 0.5) is 0 Å². The summed E-state index contributed by atoms with van der Waals surface area (Å²) in [5.74, 6) is 0.339. The molecule has 1 aromatic rings. The Hall–Kier alpha value is -1.75. The minimum atomic E-state index is -1.11. The van der Waals surface area contributed by atoms with Crippen molar-refractivity contribution in [2.75, 3.05) is 20.3 Å². The molecule has 18 heavy (non-hydrogen) atoms. The van der Waals surface area contributed by atoms with Gasteiger partial charge in [0.15, 0.2) is 0 Å². The van der Waals surface area contributed by atoms with Crippen molar-refractivity contribution in [1.82, 2.24) is 5.32 Å². The van der Waals surface area contributed by atoms with Gasteiger partial charge >= 0.3 is 5.97 Å². The van der Waals surface area contributed by atoms with E-state index in [9.17, 15) is 4.79 Å². The molecule has 0 aromatic heterocycles. The number of hydrogen-bond acceptors (Lipinski definition) is 4. The summed E-state index contributed by atoms with van der Waals surface area (Å²) >= 11 is 0. The number of nitrogens with one attached hydrogen (secondary N) is 1. The van der Waals surface area contributed by atoms with Crippen molar-refractivity contribution in [1.29, 1.82) is 0 Å². The normalized spacial score (nSPS) is 13.7. The summed E-state index contributed by atoms with van der Waals surface area (Å²) in [5, 5.41) is 11.8. The van der Waals surface area contributed by atoms with E-state index in [4.69, 9.17) is 14.6 Å². The number of ether oxygens (including phenoxy) is 2. The van der Waals surface area contributed by atoms with Crippen LogP contribution in [0.2, 0.25) is 0 Å². The first-order valence-electron chi connectivity index (χ1n) is 5.80. The molecule has 1 atom stereocenters. The van der Waals surface area contributed by atoms with Crippen LogP contribution in [-0.2, 0) is 4.79 Å². The first-order chi connectivity index (χ1) is 8.51. The fourth-order valence-electron chi connectivity index (χ4n) is 1.29. The summed E-state index contributed by atoms with van der Waals surface area (Å²) in [4.78, 5) is 11.1. The summed E-state index contributed by atoms with van der Waals surface area (Å²) < 4.78 is 10.8. The molecule has 100 valence electrons. The SMILES string of the molecule is CCOc1cccc(OCC(C)(NC)C(=O)O)c1. The molecule has 0 spiro atoms. The molecule has 0 aliphatic heterocycles. The molecule has 2 N–H and O–H groups in total. The monoisotopic (exact) mass is 253 g/mol. The van der Waals surface area contributed by atoms with Gasteiger partial charge in [-0.3, -0.25) is 4.79 Å². The van der Waals surface area contributed by atoms with Crippen LogP contribution in [0, 0.1) is 0 Å². The van der Waals surface area contributed by atoms with Crippen LogP contribution in [0.25, 0.3) is 0 Å². The minimum Gasteiger partial charge on any atom is -0.494 e. The molecule has 0 heterocycles. The van der Waals surface area contributed by atoms with E-state index in [1.165, 1.54) is 0 Å². The lowest BCUT2D eigenvalue weighted by molar-refractivity contribution is -0.145. The highest BCUT2D eigenvalue weighted by Crippen LogP contribution is 2.20. The fraction of sp³-hybridized carbons (Fsp3) is 0.462. The first kappa shape index (κ1) is 14.3. The Bertz CT molecular complexity index is 408. The molecule has 1 rings (SSSR count). The third kappa shape index (κ3) is 3.63. The van der Waals surface area contributed by atoms with Crippen LogP contribution >= 0.6 is 0 Å². The van der Waals surface area contributed by atoms with E-state index in [1.54, 1.807) is 32.2 Å². The number of carboxylic acid groups (broad SMARTS) is 1. The van der Waals surface area contributed by atoms with Gasteiger partial charge in [-0.25, -0.2) is 0 Å². The van der Waals surface area contributed by atoms with Gasteiger partial charge in [0.1, 0.15) is 23.6 Å². The van der Waals surface area contributed by atoms with E-state index in [1.807, 2.05) is 13.0 Å². The van der Waals surface area contributed by atoms with E-state index in [2.05, 4.69) is 5.32 Å². The molecule has 1 unspecified atom stereocenters. The van der Waals surface area contributed by atoms with Crippen molar-refractivity contribution in [3.8, 4) is 11.5 Å². The van der Waals surface area contributed by atoms with E-state index < -0.39 is 11.5 Å². The molecule has 0 radical (unpaired) electrons. The lowest BCUT2D eigenvalue weighted by atomic mass is 10.1. The smallest absolute Gasteiger partial charge is 0.327 e. The van der Waals surface area contributed by atoms with Crippen molar-refractivity contribution in [3.05, 3.63) is 24.3 Å². The zero-order chi connectivity index (χ0) is 13.6. The van der Waals surface area contributed by atoms with E-state index in [0.717, 1.165) is 0 Å². The highest BCUT2D eigenvalue weighted by molar-refractivity contribution is 5.78. The van der Waals surface area contributed by atoms with Gasteiger partial charge in [-0.2, -0.15) is 0 Å². The first-order valence-corrected chi connectivity index (χ1v) is 5.80.